The Kier molecular flexibility index (Phi) is 6.13. The number of hydrogen-bond donors (Lipinski definition) is 2. The van der Waals surface area contributed by atoms with Gasteiger partial charge in [0.05, 0.1) is 30.7 Å². The number of carbonyl (C=O) groups excluding carboxylic acids is 1. The predicted octanol–water partition coefficient (Wildman–Crippen LogP) is 4.69. The fraction of sp³-hybridized carbons (Fsp3) is 0.182. The number of carbonyl (C=O) groups is 1. The van der Waals surface area contributed by atoms with Gasteiger partial charge in [0.15, 0.2) is 0 Å². The van der Waals surface area contributed by atoms with Crippen LogP contribution < -0.4 is 10.6 Å². The average Bonchev–Trinajstić information content (AvgIpc) is 2.80. The quantitative estimate of drug-likeness (QED) is 0.597. The number of nitrogens with one attached hydrogen (secondary N) is 2. The first-order chi connectivity index (χ1) is 15.4. The van der Waals surface area contributed by atoms with E-state index in [0.717, 1.165) is 29.8 Å². The van der Waals surface area contributed by atoms with E-state index < -0.39 is 11.7 Å². The van der Waals surface area contributed by atoms with E-state index in [0.29, 0.717) is 24.5 Å². The van der Waals surface area contributed by atoms with Crippen molar-refractivity contribution in [2.45, 2.75) is 12.6 Å². The van der Waals surface area contributed by atoms with Crippen LogP contribution in [-0.4, -0.2) is 34.1 Å². The number of hydrogen-bond acceptors (Lipinski definition) is 6. The molecule has 0 unspecified atom stereocenters. The molecule has 1 aliphatic heterocycles. The second kappa shape index (κ2) is 9.15. The van der Waals surface area contributed by atoms with E-state index in [1.165, 1.54) is 24.4 Å². The van der Waals surface area contributed by atoms with Crippen molar-refractivity contribution in [3.05, 3.63) is 77.9 Å². The minimum atomic E-state index is -4.46. The number of anilines is 3. The lowest BCUT2D eigenvalue weighted by Gasteiger charge is -2.17. The highest BCUT2D eigenvalue weighted by molar-refractivity contribution is 6.06. The molecule has 3 aromatic heterocycles. The van der Waals surface area contributed by atoms with Crippen molar-refractivity contribution in [2.24, 2.45) is 0 Å². The van der Waals surface area contributed by atoms with Gasteiger partial charge in [0, 0.05) is 29.7 Å². The molecule has 4 heterocycles. The molecule has 1 aliphatic rings. The highest BCUT2D eigenvalue weighted by atomic mass is 19.4. The predicted molar refractivity (Wildman–Crippen MR) is 112 cm³/mol. The van der Waals surface area contributed by atoms with Crippen LogP contribution in [0.25, 0.3) is 5.57 Å². The van der Waals surface area contributed by atoms with Crippen molar-refractivity contribution in [3.63, 3.8) is 0 Å². The van der Waals surface area contributed by atoms with Gasteiger partial charge in [0.2, 0.25) is 0 Å². The van der Waals surface area contributed by atoms with Crippen molar-refractivity contribution in [3.8, 4) is 0 Å². The van der Waals surface area contributed by atoms with Gasteiger partial charge in [0.1, 0.15) is 11.6 Å². The minimum Gasteiger partial charge on any atom is -0.377 e. The monoisotopic (exact) mass is 441 g/mol. The maximum absolute atomic E-state index is 12.8. The number of aromatic nitrogens is 3. The van der Waals surface area contributed by atoms with Crippen molar-refractivity contribution < 1.29 is 22.7 Å². The molecule has 1 amide bonds. The minimum absolute atomic E-state index is 0.170. The van der Waals surface area contributed by atoms with E-state index in [4.69, 9.17) is 4.74 Å². The zero-order valence-electron chi connectivity index (χ0n) is 16.7. The van der Waals surface area contributed by atoms with Gasteiger partial charge in [-0.05, 0) is 42.3 Å². The third kappa shape index (κ3) is 5.09. The smallest absolute Gasteiger partial charge is 0.377 e. The standard InChI is InChI=1S/C22H18F3N5O2/c23-22(24,25)16-1-2-19(28-12-16)30-20-11-15(3-8-27-20)21(31)29-18-13-26-7-4-17(18)14-5-9-32-10-6-14/h1-5,7-8,11-13H,6,9-10H2,(H,29,31)(H,27,28,30). The van der Waals surface area contributed by atoms with Gasteiger partial charge in [-0.2, -0.15) is 13.2 Å². The number of ether oxygens (including phenoxy) is 1. The van der Waals surface area contributed by atoms with E-state index in [1.807, 2.05) is 12.1 Å². The number of rotatable bonds is 5. The second-order valence-electron chi connectivity index (χ2n) is 6.91. The molecule has 10 heteroatoms. The fourth-order valence-electron chi connectivity index (χ4n) is 3.15. The Morgan fingerprint density at radius 2 is 1.91 bits per heavy atom. The number of halogens is 3. The number of alkyl halides is 3. The summed E-state index contributed by atoms with van der Waals surface area (Å²) in [5, 5.41) is 5.66. The molecule has 0 aromatic carbocycles. The lowest BCUT2D eigenvalue weighted by Crippen LogP contribution is -2.15. The maximum atomic E-state index is 12.8. The van der Waals surface area contributed by atoms with Crippen molar-refractivity contribution in [1.82, 2.24) is 15.0 Å². The molecule has 0 saturated heterocycles. The second-order valence-corrected chi connectivity index (χ2v) is 6.91. The summed E-state index contributed by atoms with van der Waals surface area (Å²) in [6, 6.07) is 6.97. The first kappa shape index (κ1) is 21.4. The Bertz CT molecular complexity index is 1150. The van der Waals surface area contributed by atoms with Crippen molar-refractivity contribution >= 4 is 28.8 Å². The van der Waals surface area contributed by atoms with Gasteiger partial charge in [-0.1, -0.05) is 6.08 Å². The van der Waals surface area contributed by atoms with Gasteiger partial charge in [0.25, 0.3) is 5.91 Å². The Labute approximate surface area is 181 Å². The highest BCUT2D eigenvalue weighted by Crippen LogP contribution is 2.30. The van der Waals surface area contributed by atoms with Gasteiger partial charge < -0.3 is 15.4 Å². The van der Waals surface area contributed by atoms with Gasteiger partial charge in [-0.25, -0.2) is 9.97 Å². The molecule has 0 saturated carbocycles. The molecular formula is C22H18F3N5O2. The molecule has 32 heavy (non-hydrogen) atoms. The summed E-state index contributed by atoms with van der Waals surface area (Å²) < 4.78 is 43.4. The topological polar surface area (TPSA) is 89.0 Å². The Hall–Kier alpha value is -3.79. The van der Waals surface area contributed by atoms with Crippen LogP contribution in [0.4, 0.5) is 30.5 Å². The first-order valence-corrected chi connectivity index (χ1v) is 9.69. The van der Waals surface area contributed by atoms with Crippen LogP contribution in [0, 0.1) is 0 Å². The van der Waals surface area contributed by atoms with Crippen LogP contribution in [0.3, 0.4) is 0 Å². The number of amides is 1. The van der Waals surface area contributed by atoms with Crippen LogP contribution in [0.15, 0.2) is 61.2 Å². The molecule has 0 bridgehead atoms. The molecule has 2 N–H and O–H groups in total. The third-order valence-corrected chi connectivity index (χ3v) is 4.75. The lowest BCUT2D eigenvalue weighted by atomic mass is 10.0. The maximum Gasteiger partial charge on any atom is 0.417 e. The van der Waals surface area contributed by atoms with E-state index >= 15 is 0 Å². The number of pyridine rings is 3. The molecular weight excluding hydrogens is 423 g/mol. The average molecular weight is 441 g/mol. The molecule has 0 fully saturated rings. The molecule has 164 valence electrons. The molecule has 0 aliphatic carbocycles. The van der Waals surface area contributed by atoms with E-state index in [1.54, 1.807) is 12.4 Å². The van der Waals surface area contributed by atoms with E-state index in [9.17, 15) is 18.0 Å². The van der Waals surface area contributed by atoms with Crippen LogP contribution in [0.1, 0.15) is 27.9 Å². The van der Waals surface area contributed by atoms with Crippen LogP contribution in [0.5, 0.6) is 0 Å². The summed E-state index contributed by atoms with van der Waals surface area (Å²) in [6.45, 7) is 1.13. The zero-order chi connectivity index (χ0) is 22.6. The molecule has 4 rings (SSSR count). The molecule has 0 spiro atoms. The lowest BCUT2D eigenvalue weighted by molar-refractivity contribution is -0.137. The summed E-state index contributed by atoms with van der Waals surface area (Å²) in [5.41, 5.74) is 1.97. The van der Waals surface area contributed by atoms with Gasteiger partial charge >= 0.3 is 6.18 Å². The number of nitrogens with zero attached hydrogens (tertiary/aromatic N) is 3. The van der Waals surface area contributed by atoms with E-state index in [-0.39, 0.29) is 17.5 Å². The molecule has 7 nitrogen and oxygen atoms in total. The fourth-order valence-corrected chi connectivity index (χ4v) is 3.15. The Morgan fingerprint density at radius 1 is 1.03 bits per heavy atom. The molecule has 0 radical (unpaired) electrons. The van der Waals surface area contributed by atoms with Crippen molar-refractivity contribution in [1.29, 1.82) is 0 Å². The van der Waals surface area contributed by atoms with Gasteiger partial charge in [-0.3, -0.25) is 9.78 Å². The summed E-state index contributed by atoms with van der Waals surface area (Å²) in [6.07, 6.45) is 3.63. The molecule has 0 atom stereocenters. The first-order valence-electron chi connectivity index (χ1n) is 9.69. The van der Waals surface area contributed by atoms with Crippen LogP contribution in [0.2, 0.25) is 0 Å². The summed E-state index contributed by atoms with van der Waals surface area (Å²) >= 11 is 0. The van der Waals surface area contributed by atoms with Gasteiger partial charge in [-0.15, -0.1) is 0 Å². The van der Waals surface area contributed by atoms with E-state index in [2.05, 4.69) is 25.6 Å². The Morgan fingerprint density at radius 3 is 2.62 bits per heavy atom. The normalized spacial score (nSPS) is 13.9. The third-order valence-electron chi connectivity index (χ3n) is 4.75. The summed E-state index contributed by atoms with van der Waals surface area (Å²) in [5.74, 6) is 0.0604. The summed E-state index contributed by atoms with van der Waals surface area (Å²) in [4.78, 5) is 24.8. The zero-order valence-corrected chi connectivity index (χ0v) is 16.7. The largest absolute Gasteiger partial charge is 0.417 e. The van der Waals surface area contributed by atoms with Crippen LogP contribution >= 0.6 is 0 Å². The highest BCUT2D eigenvalue weighted by Gasteiger charge is 2.30. The summed E-state index contributed by atoms with van der Waals surface area (Å²) in [7, 11) is 0. The van der Waals surface area contributed by atoms with Crippen molar-refractivity contribution in [2.75, 3.05) is 23.8 Å². The van der Waals surface area contributed by atoms with Crippen LogP contribution in [-0.2, 0) is 10.9 Å². The Balaban J connectivity index is 1.49. The molecule has 3 aromatic rings. The SMILES string of the molecule is O=C(Nc1cnccc1C1=CCOCC1)c1ccnc(Nc2ccc(C(F)(F)F)cn2)c1.